The highest BCUT2D eigenvalue weighted by molar-refractivity contribution is 6.34. The summed E-state index contributed by atoms with van der Waals surface area (Å²) in [5, 5.41) is -0.0687. The molecule has 0 saturated heterocycles. The number of nitrogens with zero attached hydrogens (tertiary/aromatic N) is 1. The van der Waals surface area contributed by atoms with Crippen molar-refractivity contribution in [2.75, 3.05) is 20.6 Å². The Labute approximate surface area is 91.4 Å². The van der Waals surface area contributed by atoms with Gasteiger partial charge in [-0.1, -0.05) is 11.6 Å². The molecule has 82 valence electrons. The molecule has 0 aromatic heterocycles. The molecule has 0 saturated carbocycles. The van der Waals surface area contributed by atoms with Gasteiger partial charge in [-0.2, -0.15) is 0 Å². The van der Waals surface area contributed by atoms with E-state index in [4.69, 9.17) is 11.6 Å². The fourth-order valence-corrected chi connectivity index (χ4v) is 1.36. The minimum absolute atomic E-state index is 0.00395. The van der Waals surface area contributed by atoms with Gasteiger partial charge in [-0.15, -0.1) is 0 Å². The van der Waals surface area contributed by atoms with E-state index in [1.54, 1.807) is 19.0 Å². The average Bonchev–Trinajstić information content (AvgIpc) is 2.09. The molecule has 0 aliphatic carbocycles. The number of halogens is 3. The molecule has 0 amide bonds. The molecule has 1 aromatic rings. The van der Waals surface area contributed by atoms with Crippen LogP contribution >= 0.6 is 11.6 Å². The first-order valence-corrected chi connectivity index (χ1v) is 4.62. The Kier molecular flexibility index (Phi) is 3.77. The van der Waals surface area contributed by atoms with Crippen LogP contribution in [-0.4, -0.2) is 31.3 Å². The second kappa shape index (κ2) is 4.68. The van der Waals surface area contributed by atoms with Crippen molar-refractivity contribution < 1.29 is 13.6 Å². The summed E-state index contributed by atoms with van der Waals surface area (Å²) in [6.45, 7) is 0.102. The van der Waals surface area contributed by atoms with Gasteiger partial charge in [0, 0.05) is 5.56 Å². The topological polar surface area (TPSA) is 20.3 Å². The van der Waals surface area contributed by atoms with Crippen molar-refractivity contribution in [1.29, 1.82) is 0 Å². The van der Waals surface area contributed by atoms with Gasteiger partial charge < -0.3 is 4.90 Å². The highest BCUT2D eigenvalue weighted by Crippen LogP contribution is 2.20. The summed E-state index contributed by atoms with van der Waals surface area (Å²) in [6, 6.07) is 1.63. The van der Waals surface area contributed by atoms with Crippen LogP contribution in [0.25, 0.3) is 0 Å². The summed E-state index contributed by atoms with van der Waals surface area (Å²) in [5.41, 5.74) is 0.00395. The molecule has 2 nitrogen and oxygen atoms in total. The molecule has 0 atom stereocenters. The van der Waals surface area contributed by atoms with Crippen LogP contribution in [0.4, 0.5) is 8.78 Å². The summed E-state index contributed by atoms with van der Waals surface area (Å²) in [5.74, 6) is -2.47. The van der Waals surface area contributed by atoms with E-state index in [0.29, 0.717) is 0 Å². The van der Waals surface area contributed by atoms with Gasteiger partial charge in [0.05, 0.1) is 11.6 Å². The Hall–Kier alpha value is -1.00. The summed E-state index contributed by atoms with van der Waals surface area (Å²) in [4.78, 5) is 13.1. The molecule has 0 bridgehead atoms. The number of Topliss-reactive ketones (excluding diaryl/α,β-unsaturated/α-hetero) is 1. The lowest BCUT2D eigenvalue weighted by molar-refractivity contribution is 0.0957. The van der Waals surface area contributed by atoms with Gasteiger partial charge in [-0.3, -0.25) is 4.79 Å². The molecule has 0 aliphatic heterocycles. The van der Waals surface area contributed by atoms with E-state index in [9.17, 15) is 13.6 Å². The van der Waals surface area contributed by atoms with Crippen LogP contribution in [0, 0.1) is 11.6 Å². The number of hydrogen-bond acceptors (Lipinski definition) is 2. The molecule has 0 unspecified atom stereocenters. The maximum atomic E-state index is 12.9. The Morgan fingerprint density at radius 2 is 1.87 bits per heavy atom. The van der Waals surface area contributed by atoms with Crippen molar-refractivity contribution in [1.82, 2.24) is 4.90 Å². The minimum Gasteiger partial charge on any atom is -0.302 e. The molecule has 5 heteroatoms. The summed E-state index contributed by atoms with van der Waals surface area (Å²) >= 11 is 5.63. The van der Waals surface area contributed by atoms with Gasteiger partial charge in [0.25, 0.3) is 0 Å². The number of ketones is 1. The minimum atomic E-state index is -1.07. The largest absolute Gasteiger partial charge is 0.302 e. The van der Waals surface area contributed by atoms with Gasteiger partial charge >= 0.3 is 0 Å². The fraction of sp³-hybridized carbons (Fsp3) is 0.300. The van der Waals surface area contributed by atoms with Crippen LogP contribution in [0.3, 0.4) is 0 Å². The van der Waals surface area contributed by atoms with E-state index >= 15 is 0 Å². The second-order valence-electron chi connectivity index (χ2n) is 3.41. The van der Waals surface area contributed by atoms with E-state index in [0.717, 1.165) is 12.1 Å². The van der Waals surface area contributed by atoms with Crippen molar-refractivity contribution in [2.45, 2.75) is 0 Å². The van der Waals surface area contributed by atoms with E-state index in [2.05, 4.69) is 0 Å². The van der Waals surface area contributed by atoms with E-state index < -0.39 is 11.6 Å². The Bertz CT molecular complexity index is 393. The van der Waals surface area contributed by atoms with E-state index in [-0.39, 0.29) is 22.9 Å². The smallest absolute Gasteiger partial charge is 0.178 e. The summed E-state index contributed by atoms with van der Waals surface area (Å²) < 4.78 is 25.6. The predicted molar refractivity (Wildman–Crippen MR) is 54.3 cm³/mol. The SMILES string of the molecule is CN(C)CC(=O)c1cc(F)c(F)cc1Cl. The summed E-state index contributed by atoms with van der Waals surface area (Å²) in [7, 11) is 3.40. The molecular weight excluding hydrogens is 224 g/mol. The molecule has 0 N–H and O–H groups in total. The van der Waals surface area contributed by atoms with Crippen molar-refractivity contribution in [3.8, 4) is 0 Å². The lowest BCUT2D eigenvalue weighted by Crippen LogP contribution is -2.22. The maximum Gasteiger partial charge on any atom is 0.178 e. The number of carbonyl (C=O) groups is 1. The zero-order chi connectivity index (χ0) is 11.6. The van der Waals surface area contributed by atoms with Gasteiger partial charge in [0.2, 0.25) is 0 Å². The second-order valence-corrected chi connectivity index (χ2v) is 3.81. The van der Waals surface area contributed by atoms with Gasteiger partial charge in [0.1, 0.15) is 0 Å². The third kappa shape index (κ3) is 2.97. The van der Waals surface area contributed by atoms with Crippen molar-refractivity contribution in [3.05, 3.63) is 34.4 Å². The van der Waals surface area contributed by atoms with Crippen LogP contribution in [-0.2, 0) is 0 Å². The number of benzene rings is 1. The monoisotopic (exact) mass is 233 g/mol. The van der Waals surface area contributed by atoms with Crippen LogP contribution in [0.1, 0.15) is 10.4 Å². The maximum absolute atomic E-state index is 12.9. The van der Waals surface area contributed by atoms with Crippen LogP contribution < -0.4 is 0 Å². The zero-order valence-corrected chi connectivity index (χ0v) is 9.11. The third-order valence-corrected chi connectivity index (χ3v) is 2.08. The Morgan fingerprint density at radius 1 is 1.33 bits per heavy atom. The molecule has 1 rings (SSSR count). The van der Waals surface area contributed by atoms with Gasteiger partial charge in [-0.05, 0) is 26.2 Å². The first kappa shape index (κ1) is 12.1. The van der Waals surface area contributed by atoms with Gasteiger partial charge in [-0.25, -0.2) is 8.78 Å². The molecule has 0 aliphatic rings. The standard InChI is InChI=1S/C10H10ClF2NO/c1-14(2)5-10(15)6-3-8(12)9(13)4-7(6)11/h3-4H,5H2,1-2H3. The van der Waals surface area contributed by atoms with Crippen molar-refractivity contribution in [2.24, 2.45) is 0 Å². The number of hydrogen-bond donors (Lipinski definition) is 0. The number of rotatable bonds is 3. The Morgan fingerprint density at radius 3 is 2.40 bits per heavy atom. The van der Waals surface area contributed by atoms with Gasteiger partial charge in [0.15, 0.2) is 17.4 Å². The Balaban J connectivity index is 3.04. The average molecular weight is 234 g/mol. The lowest BCUT2D eigenvalue weighted by Gasteiger charge is -2.09. The quantitative estimate of drug-likeness (QED) is 0.590. The zero-order valence-electron chi connectivity index (χ0n) is 8.35. The number of carbonyl (C=O) groups excluding carboxylic acids is 1. The normalized spacial score (nSPS) is 10.8. The van der Waals surface area contributed by atoms with Crippen molar-refractivity contribution in [3.63, 3.8) is 0 Å². The first-order chi connectivity index (χ1) is 6.91. The fourth-order valence-electron chi connectivity index (χ4n) is 1.11. The lowest BCUT2D eigenvalue weighted by atomic mass is 10.1. The predicted octanol–water partition coefficient (Wildman–Crippen LogP) is 2.36. The van der Waals surface area contributed by atoms with Crippen LogP contribution in [0.15, 0.2) is 12.1 Å². The summed E-state index contributed by atoms with van der Waals surface area (Å²) in [6.07, 6.45) is 0. The molecule has 0 heterocycles. The molecule has 0 fully saturated rings. The van der Waals surface area contributed by atoms with E-state index in [1.807, 2.05) is 0 Å². The molecule has 0 spiro atoms. The molecule has 1 aromatic carbocycles. The first-order valence-electron chi connectivity index (χ1n) is 4.24. The highest BCUT2D eigenvalue weighted by atomic mass is 35.5. The van der Waals surface area contributed by atoms with Crippen molar-refractivity contribution >= 4 is 17.4 Å². The molecule has 15 heavy (non-hydrogen) atoms. The highest BCUT2D eigenvalue weighted by Gasteiger charge is 2.15. The number of likely N-dealkylation sites (N-methyl/N-ethyl adjacent to an activating group) is 1. The van der Waals surface area contributed by atoms with Crippen LogP contribution in [0.5, 0.6) is 0 Å². The van der Waals surface area contributed by atoms with E-state index in [1.165, 1.54) is 0 Å². The third-order valence-electron chi connectivity index (χ3n) is 1.77. The van der Waals surface area contributed by atoms with Crippen LogP contribution in [0.2, 0.25) is 5.02 Å². The molecular formula is C10H10ClF2NO. The molecule has 0 radical (unpaired) electrons.